The summed E-state index contributed by atoms with van der Waals surface area (Å²) in [5, 5.41) is 20.6. The maximum atomic E-state index is 10.1. The van der Waals surface area contributed by atoms with E-state index in [9.17, 15) is 4.91 Å². The molecule has 0 amide bonds. The van der Waals surface area contributed by atoms with Crippen LogP contribution in [0.2, 0.25) is 0 Å². The lowest BCUT2D eigenvalue weighted by atomic mass is 10.2. The van der Waals surface area contributed by atoms with Gasteiger partial charge in [0.2, 0.25) is 0 Å². The lowest BCUT2D eigenvalue weighted by molar-refractivity contribution is 0.400. The van der Waals surface area contributed by atoms with Crippen LogP contribution in [0.15, 0.2) is 17.3 Å². The summed E-state index contributed by atoms with van der Waals surface area (Å²) in [5.41, 5.74) is -0.213. The molecule has 12 heavy (non-hydrogen) atoms. The smallest absolute Gasteiger partial charge is 0.191 e. The van der Waals surface area contributed by atoms with Gasteiger partial charge in [-0.15, -0.1) is 4.91 Å². The number of nitroso groups, excluding NO2 is 1. The Hall–Kier alpha value is -1.78. The number of hydrogen-bond acceptors (Lipinski definition) is 5. The number of ether oxygens (including phenoxy) is 1. The van der Waals surface area contributed by atoms with Crippen LogP contribution in [0.5, 0.6) is 17.2 Å². The van der Waals surface area contributed by atoms with E-state index in [1.54, 1.807) is 0 Å². The second kappa shape index (κ2) is 3.08. The molecule has 1 aromatic carbocycles. The quantitative estimate of drug-likeness (QED) is 0.657. The van der Waals surface area contributed by atoms with E-state index in [2.05, 4.69) is 9.91 Å². The summed E-state index contributed by atoms with van der Waals surface area (Å²) in [7, 11) is 1.31. The number of benzene rings is 1. The minimum atomic E-state index is -0.401. The summed E-state index contributed by atoms with van der Waals surface area (Å²) in [6.07, 6.45) is 0. The van der Waals surface area contributed by atoms with Gasteiger partial charge in [0.05, 0.1) is 7.11 Å². The van der Waals surface area contributed by atoms with E-state index in [0.717, 1.165) is 6.07 Å². The number of phenolic OH excluding ortho intramolecular Hbond substituents is 2. The first-order valence-corrected chi connectivity index (χ1v) is 3.12. The number of phenols is 2. The van der Waals surface area contributed by atoms with Gasteiger partial charge in [-0.3, -0.25) is 0 Å². The number of nitrogens with zero attached hydrogens (tertiary/aromatic N) is 1. The van der Waals surface area contributed by atoms with Crippen molar-refractivity contribution in [3.63, 3.8) is 0 Å². The van der Waals surface area contributed by atoms with E-state index in [-0.39, 0.29) is 17.2 Å². The van der Waals surface area contributed by atoms with Gasteiger partial charge in [0, 0.05) is 12.1 Å². The minimum Gasteiger partial charge on any atom is -0.508 e. The van der Waals surface area contributed by atoms with E-state index in [1.807, 2.05) is 0 Å². The molecular weight excluding hydrogens is 162 g/mol. The molecule has 5 heteroatoms. The zero-order valence-corrected chi connectivity index (χ0v) is 6.31. The second-order valence-electron chi connectivity index (χ2n) is 2.11. The van der Waals surface area contributed by atoms with Crippen molar-refractivity contribution in [2.75, 3.05) is 7.11 Å². The van der Waals surface area contributed by atoms with Gasteiger partial charge < -0.3 is 14.9 Å². The highest BCUT2D eigenvalue weighted by atomic mass is 16.5. The van der Waals surface area contributed by atoms with Gasteiger partial charge in [-0.2, -0.15) is 0 Å². The Morgan fingerprint density at radius 2 is 2.08 bits per heavy atom. The molecule has 0 aliphatic heterocycles. The zero-order chi connectivity index (χ0) is 9.14. The Balaban J connectivity index is 3.33. The van der Waals surface area contributed by atoms with Crippen LogP contribution in [0.25, 0.3) is 0 Å². The molecule has 0 heterocycles. The molecule has 2 N–H and O–H groups in total. The van der Waals surface area contributed by atoms with E-state index in [0.29, 0.717) is 0 Å². The molecule has 0 fully saturated rings. The molecular formula is C7H7NO4. The van der Waals surface area contributed by atoms with E-state index in [1.165, 1.54) is 13.2 Å². The number of aromatic hydroxyl groups is 2. The molecule has 0 bridgehead atoms. The first-order chi connectivity index (χ1) is 5.69. The van der Waals surface area contributed by atoms with E-state index < -0.39 is 5.75 Å². The largest absolute Gasteiger partial charge is 0.508 e. The van der Waals surface area contributed by atoms with Crippen LogP contribution < -0.4 is 4.74 Å². The summed E-state index contributed by atoms with van der Waals surface area (Å²) < 4.78 is 4.68. The lowest BCUT2D eigenvalue weighted by Gasteiger charge is -2.03. The van der Waals surface area contributed by atoms with E-state index >= 15 is 0 Å². The molecule has 0 aromatic heterocycles. The van der Waals surface area contributed by atoms with Crippen molar-refractivity contribution < 1.29 is 14.9 Å². The SMILES string of the molecule is COc1cc(O)cc(O)c1N=O. The van der Waals surface area contributed by atoms with Crippen LogP contribution in [0.4, 0.5) is 5.69 Å². The summed E-state index contributed by atoms with van der Waals surface area (Å²) in [6.45, 7) is 0. The Kier molecular flexibility index (Phi) is 2.14. The van der Waals surface area contributed by atoms with Gasteiger partial charge >= 0.3 is 0 Å². The lowest BCUT2D eigenvalue weighted by Crippen LogP contribution is -1.83. The average Bonchev–Trinajstić information content (AvgIpc) is 2.03. The van der Waals surface area contributed by atoms with Crippen molar-refractivity contribution in [2.24, 2.45) is 5.18 Å². The van der Waals surface area contributed by atoms with Crippen LogP contribution in [0, 0.1) is 4.91 Å². The van der Waals surface area contributed by atoms with E-state index in [4.69, 9.17) is 10.2 Å². The fourth-order valence-electron chi connectivity index (χ4n) is 0.826. The summed E-state index contributed by atoms with van der Waals surface area (Å²) in [4.78, 5) is 10.1. The molecule has 0 saturated carbocycles. The first-order valence-electron chi connectivity index (χ1n) is 3.12. The minimum absolute atomic E-state index is 0.0440. The monoisotopic (exact) mass is 169 g/mol. The van der Waals surface area contributed by atoms with Crippen LogP contribution in [0.1, 0.15) is 0 Å². The third kappa shape index (κ3) is 1.29. The Morgan fingerprint density at radius 3 is 2.58 bits per heavy atom. The van der Waals surface area contributed by atoms with Crippen molar-refractivity contribution in [1.29, 1.82) is 0 Å². The highest BCUT2D eigenvalue weighted by Crippen LogP contribution is 2.39. The molecule has 64 valence electrons. The Morgan fingerprint density at radius 1 is 1.42 bits per heavy atom. The molecule has 0 radical (unpaired) electrons. The van der Waals surface area contributed by atoms with Gasteiger partial charge in [0.1, 0.15) is 5.75 Å². The predicted octanol–water partition coefficient (Wildman–Crippen LogP) is 1.50. The number of hydrogen-bond donors (Lipinski definition) is 2. The summed E-state index contributed by atoms with van der Waals surface area (Å²) >= 11 is 0. The topological polar surface area (TPSA) is 79.1 Å². The Bertz CT molecular complexity index is 311. The van der Waals surface area contributed by atoms with Crippen molar-refractivity contribution in [3.05, 3.63) is 17.0 Å². The normalized spacial score (nSPS) is 9.42. The number of methoxy groups -OCH3 is 1. The van der Waals surface area contributed by atoms with Gasteiger partial charge in [-0.1, -0.05) is 0 Å². The van der Waals surface area contributed by atoms with Crippen molar-refractivity contribution in [3.8, 4) is 17.2 Å². The molecule has 1 rings (SSSR count). The van der Waals surface area contributed by atoms with Gasteiger partial charge in [0.25, 0.3) is 0 Å². The average molecular weight is 169 g/mol. The third-order valence-electron chi connectivity index (χ3n) is 1.35. The van der Waals surface area contributed by atoms with Gasteiger partial charge in [-0.25, -0.2) is 0 Å². The molecule has 0 spiro atoms. The van der Waals surface area contributed by atoms with Crippen molar-refractivity contribution in [2.45, 2.75) is 0 Å². The van der Waals surface area contributed by atoms with Crippen molar-refractivity contribution in [1.82, 2.24) is 0 Å². The van der Waals surface area contributed by atoms with Crippen LogP contribution in [0.3, 0.4) is 0 Å². The van der Waals surface area contributed by atoms with Crippen LogP contribution in [-0.2, 0) is 0 Å². The van der Waals surface area contributed by atoms with Gasteiger partial charge in [-0.05, 0) is 5.18 Å². The highest BCUT2D eigenvalue weighted by Gasteiger charge is 2.10. The number of rotatable bonds is 2. The van der Waals surface area contributed by atoms with Crippen LogP contribution in [-0.4, -0.2) is 17.3 Å². The first kappa shape index (κ1) is 8.32. The molecule has 0 aliphatic rings. The summed E-state index contributed by atoms with van der Waals surface area (Å²) in [6, 6.07) is 2.20. The molecule has 1 aromatic rings. The fourth-order valence-corrected chi connectivity index (χ4v) is 0.826. The third-order valence-corrected chi connectivity index (χ3v) is 1.35. The molecule has 0 saturated heterocycles. The predicted molar refractivity (Wildman–Crippen MR) is 41.8 cm³/mol. The maximum absolute atomic E-state index is 10.1. The van der Waals surface area contributed by atoms with Crippen LogP contribution >= 0.6 is 0 Å². The van der Waals surface area contributed by atoms with Gasteiger partial charge in [0.15, 0.2) is 17.2 Å². The molecule has 5 nitrogen and oxygen atoms in total. The summed E-state index contributed by atoms with van der Waals surface area (Å²) in [5.74, 6) is -0.541. The Labute approximate surface area is 68.2 Å². The molecule has 0 atom stereocenters. The second-order valence-corrected chi connectivity index (χ2v) is 2.11. The standard InChI is InChI=1S/C7H7NO4/c1-12-6-3-4(9)2-5(10)7(6)8-11/h2-3,9-10H,1H3. The molecule has 0 aliphatic carbocycles. The fraction of sp³-hybridized carbons (Fsp3) is 0.143. The maximum Gasteiger partial charge on any atom is 0.191 e. The van der Waals surface area contributed by atoms with Crippen molar-refractivity contribution >= 4 is 5.69 Å². The molecule has 0 unspecified atom stereocenters. The zero-order valence-electron chi connectivity index (χ0n) is 6.31. The highest BCUT2D eigenvalue weighted by molar-refractivity contribution is 5.64.